The fourth-order valence-electron chi connectivity index (χ4n) is 5.24. The van der Waals surface area contributed by atoms with Crippen LogP contribution in [-0.4, -0.2) is 66.8 Å². The summed E-state index contributed by atoms with van der Waals surface area (Å²) in [6.45, 7) is 3.61. The van der Waals surface area contributed by atoms with Crippen LogP contribution in [-0.2, 0) is 34.1 Å². The number of benzene rings is 4. The van der Waals surface area contributed by atoms with Gasteiger partial charge in [0.1, 0.15) is 10.6 Å². The zero-order valence-corrected chi connectivity index (χ0v) is 23.5. The Morgan fingerprint density at radius 3 is 2.12 bits per heavy atom. The standard InChI is InChI=1S/C29H28N2O9S/c1-16-13-22(39-15-26(34)30(3)12-4-5-27(35)40-31-24(32)10-11-25(31)33)20-8-9-21-23(41(36,37)38)14-17(2)19-7-6-18(16)28(20)29(19)21/h6-9,13-14H,4-5,10-12,15H2,1-3H3,(H,36,37,38). The van der Waals surface area contributed by atoms with Crippen molar-refractivity contribution in [1.29, 1.82) is 0 Å². The van der Waals surface area contributed by atoms with Crippen molar-refractivity contribution in [3.8, 4) is 5.75 Å². The molecular weight excluding hydrogens is 552 g/mol. The maximum absolute atomic E-state index is 12.8. The van der Waals surface area contributed by atoms with Gasteiger partial charge >= 0.3 is 5.97 Å². The van der Waals surface area contributed by atoms with E-state index in [9.17, 15) is 32.1 Å². The van der Waals surface area contributed by atoms with E-state index in [1.807, 2.05) is 25.1 Å². The first-order chi connectivity index (χ1) is 19.4. The molecule has 1 saturated heterocycles. The van der Waals surface area contributed by atoms with Crippen molar-refractivity contribution in [3.05, 3.63) is 47.5 Å². The number of hydroxylamine groups is 2. The Bertz CT molecular complexity index is 1830. The maximum atomic E-state index is 12.8. The highest BCUT2D eigenvalue weighted by Crippen LogP contribution is 2.43. The Hall–Kier alpha value is -4.29. The molecule has 1 fully saturated rings. The highest BCUT2D eigenvalue weighted by molar-refractivity contribution is 7.86. The Morgan fingerprint density at radius 2 is 1.49 bits per heavy atom. The van der Waals surface area contributed by atoms with Gasteiger partial charge in [-0.3, -0.25) is 18.9 Å². The summed E-state index contributed by atoms with van der Waals surface area (Å²) in [6, 6.07) is 10.5. The predicted molar refractivity (Wildman–Crippen MR) is 149 cm³/mol. The van der Waals surface area contributed by atoms with Crippen molar-refractivity contribution in [2.24, 2.45) is 0 Å². The molecule has 4 aromatic rings. The number of hydrogen-bond acceptors (Lipinski definition) is 8. The SMILES string of the molecule is Cc1cc(OCC(=O)N(C)CCCC(=O)ON2C(=O)CCC2=O)c2ccc3c(S(=O)(=O)O)cc(C)c4ccc1c2c43. The van der Waals surface area contributed by atoms with Gasteiger partial charge in [0.2, 0.25) is 0 Å². The molecule has 11 nitrogen and oxygen atoms in total. The summed E-state index contributed by atoms with van der Waals surface area (Å²) in [6.07, 6.45) is 0.194. The molecule has 1 aliphatic heterocycles. The fraction of sp³-hybridized carbons (Fsp3) is 0.310. The molecule has 4 aromatic carbocycles. The molecule has 0 spiro atoms. The Balaban J connectivity index is 1.31. The van der Waals surface area contributed by atoms with Gasteiger partial charge in [-0.15, -0.1) is 5.06 Å². The van der Waals surface area contributed by atoms with Crippen molar-refractivity contribution < 1.29 is 41.7 Å². The second kappa shape index (κ2) is 10.6. The number of carbonyl (C=O) groups is 4. The first-order valence-electron chi connectivity index (χ1n) is 13.0. The van der Waals surface area contributed by atoms with Crippen LogP contribution in [0.2, 0.25) is 0 Å². The lowest BCUT2D eigenvalue weighted by Crippen LogP contribution is -2.34. The molecule has 1 N–H and O–H groups in total. The molecule has 0 saturated carbocycles. The third-order valence-electron chi connectivity index (χ3n) is 7.36. The molecule has 1 aliphatic rings. The van der Waals surface area contributed by atoms with Crippen LogP contribution in [0.25, 0.3) is 32.3 Å². The van der Waals surface area contributed by atoms with E-state index < -0.39 is 27.9 Å². The third kappa shape index (κ3) is 5.27. The van der Waals surface area contributed by atoms with Gasteiger partial charge in [0.25, 0.3) is 27.8 Å². The van der Waals surface area contributed by atoms with E-state index in [1.165, 1.54) is 11.0 Å². The van der Waals surface area contributed by atoms with Crippen molar-refractivity contribution in [2.45, 2.75) is 44.4 Å². The Kier molecular flexibility index (Phi) is 7.30. The summed E-state index contributed by atoms with van der Waals surface area (Å²) in [5.74, 6) is -1.73. The molecule has 0 aliphatic carbocycles. The van der Waals surface area contributed by atoms with Crippen molar-refractivity contribution in [3.63, 3.8) is 0 Å². The Labute approximate surface area is 235 Å². The number of aryl methyl sites for hydroxylation is 2. The lowest BCUT2D eigenvalue weighted by Gasteiger charge is -2.20. The molecule has 1 heterocycles. The van der Waals surface area contributed by atoms with Gasteiger partial charge < -0.3 is 14.5 Å². The molecule has 0 atom stereocenters. The van der Waals surface area contributed by atoms with E-state index in [0.29, 0.717) is 32.5 Å². The van der Waals surface area contributed by atoms with Gasteiger partial charge in [-0.05, 0) is 65.8 Å². The number of likely N-dealkylation sites (N-methyl/N-ethyl adjacent to an activating group) is 1. The van der Waals surface area contributed by atoms with E-state index in [-0.39, 0.29) is 49.6 Å². The molecule has 3 amide bonds. The van der Waals surface area contributed by atoms with Gasteiger partial charge in [-0.25, -0.2) is 4.79 Å². The number of nitrogens with zero attached hydrogens (tertiary/aromatic N) is 2. The minimum absolute atomic E-state index is 0.0141. The van der Waals surface area contributed by atoms with E-state index in [2.05, 4.69) is 0 Å². The second-order valence-electron chi connectivity index (χ2n) is 10.2. The summed E-state index contributed by atoms with van der Waals surface area (Å²) in [5, 5.41) is 4.79. The molecule has 214 valence electrons. The van der Waals surface area contributed by atoms with Gasteiger partial charge in [0.15, 0.2) is 6.61 Å². The summed E-state index contributed by atoms with van der Waals surface area (Å²) in [4.78, 5) is 54.0. The van der Waals surface area contributed by atoms with Crippen molar-refractivity contribution in [1.82, 2.24) is 9.96 Å². The zero-order valence-electron chi connectivity index (χ0n) is 22.7. The van der Waals surface area contributed by atoms with Crippen LogP contribution >= 0.6 is 0 Å². The predicted octanol–water partition coefficient (Wildman–Crippen LogP) is 3.67. The summed E-state index contributed by atoms with van der Waals surface area (Å²) in [5.41, 5.74) is 1.56. The molecule has 0 radical (unpaired) electrons. The first-order valence-corrected chi connectivity index (χ1v) is 14.4. The molecule has 0 bridgehead atoms. The van der Waals surface area contributed by atoms with Gasteiger partial charge in [-0.1, -0.05) is 18.2 Å². The molecular formula is C29H28N2O9S. The molecule has 0 aromatic heterocycles. The zero-order chi connectivity index (χ0) is 29.6. The lowest BCUT2D eigenvalue weighted by atomic mass is 9.90. The van der Waals surface area contributed by atoms with Crippen LogP contribution in [0, 0.1) is 13.8 Å². The number of amides is 3. The van der Waals surface area contributed by atoms with Gasteiger partial charge in [-0.2, -0.15) is 8.42 Å². The fourth-order valence-corrected chi connectivity index (χ4v) is 6.01. The summed E-state index contributed by atoms with van der Waals surface area (Å²) >= 11 is 0. The first kappa shape index (κ1) is 28.2. The number of ether oxygens (including phenoxy) is 1. The maximum Gasteiger partial charge on any atom is 0.333 e. The minimum Gasteiger partial charge on any atom is -0.483 e. The normalized spacial score (nSPS) is 14.0. The van der Waals surface area contributed by atoms with Crippen LogP contribution in [0.15, 0.2) is 41.3 Å². The largest absolute Gasteiger partial charge is 0.483 e. The minimum atomic E-state index is -4.47. The van der Waals surface area contributed by atoms with Crippen LogP contribution in [0.4, 0.5) is 0 Å². The molecule has 5 rings (SSSR count). The topological polar surface area (TPSA) is 148 Å². The van der Waals surface area contributed by atoms with E-state index >= 15 is 0 Å². The third-order valence-corrected chi connectivity index (χ3v) is 8.26. The smallest absolute Gasteiger partial charge is 0.333 e. The number of hydrogen-bond donors (Lipinski definition) is 1. The highest BCUT2D eigenvalue weighted by Gasteiger charge is 2.32. The van der Waals surface area contributed by atoms with E-state index in [1.54, 1.807) is 26.1 Å². The quantitative estimate of drug-likeness (QED) is 0.178. The summed E-state index contributed by atoms with van der Waals surface area (Å²) < 4.78 is 40.2. The van der Waals surface area contributed by atoms with Gasteiger partial charge in [0, 0.05) is 49.0 Å². The average molecular weight is 581 g/mol. The second-order valence-corrected chi connectivity index (χ2v) is 11.6. The molecule has 41 heavy (non-hydrogen) atoms. The van der Waals surface area contributed by atoms with Gasteiger partial charge in [0.05, 0.1) is 0 Å². The van der Waals surface area contributed by atoms with Crippen LogP contribution in [0.1, 0.15) is 36.8 Å². The summed E-state index contributed by atoms with van der Waals surface area (Å²) in [7, 11) is -2.90. The van der Waals surface area contributed by atoms with E-state index in [4.69, 9.17) is 9.57 Å². The molecule has 12 heteroatoms. The number of carbonyl (C=O) groups excluding carboxylic acids is 4. The lowest BCUT2D eigenvalue weighted by molar-refractivity contribution is -0.197. The Morgan fingerprint density at radius 1 is 0.927 bits per heavy atom. The average Bonchev–Trinajstić information content (AvgIpc) is 3.23. The van der Waals surface area contributed by atoms with E-state index in [0.717, 1.165) is 21.7 Å². The van der Waals surface area contributed by atoms with Crippen molar-refractivity contribution in [2.75, 3.05) is 20.2 Å². The number of imide groups is 1. The van der Waals surface area contributed by atoms with Crippen LogP contribution in [0.5, 0.6) is 5.75 Å². The number of rotatable bonds is 9. The molecule has 0 unspecified atom stereocenters. The monoisotopic (exact) mass is 580 g/mol. The van der Waals surface area contributed by atoms with Crippen LogP contribution in [0.3, 0.4) is 0 Å². The van der Waals surface area contributed by atoms with Crippen LogP contribution < -0.4 is 4.74 Å². The van der Waals surface area contributed by atoms with Crippen molar-refractivity contribution >= 4 is 66.1 Å². The highest BCUT2D eigenvalue weighted by atomic mass is 32.2.